The third-order valence-corrected chi connectivity index (χ3v) is 1.81. The molecule has 0 saturated carbocycles. The van der Waals surface area contributed by atoms with Gasteiger partial charge < -0.3 is 15.4 Å². The first-order valence-corrected chi connectivity index (χ1v) is 3.27. The van der Waals surface area contributed by atoms with Crippen LogP contribution in [0.3, 0.4) is 0 Å². The summed E-state index contributed by atoms with van der Waals surface area (Å²) in [6.45, 7) is 3.13. The molecule has 0 aromatic rings. The van der Waals surface area contributed by atoms with Crippen LogP contribution in [0.4, 0.5) is 0 Å². The van der Waals surface area contributed by atoms with Gasteiger partial charge in [0.05, 0.1) is 11.6 Å². The molecule has 4 N–H and O–H groups in total. The Bertz CT molecular complexity index is 97.0. The van der Waals surface area contributed by atoms with Gasteiger partial charge >= 0.3 is 0 Å². The molecule has 0 aromatic heterocycles. The number of rotatable bonds is 4. The number of aliphatic hydroxyl groups excluding tert-OH is 2. The van der Waals surface area contributed by atoms with Gasteiger partial charge in [-0.1, -0.05) is 0 Å². The summed E-state index contributed by atoms with van der Waals surface area (Å²) in [4.78, 5) is 0. The van der Waals surface area contributed by atoms with Crippen molar-refractivity contribution in [3.05, 3.63) is 0 Å². The van der Waals surface area contributed by atoms with Gasteiger partial charge in [-0.05, 0) is 20.3 Å². The van der Waals surface area contributed by atoms with Crippen LogP contribution in [0, 0.1) is 0 Å². The van der Waals surface area contributed by atoms with Crippen molar-refractivity contribution in [2.24, 2.45) is 0 Å². The van der Waals surface area contributed by atoms with Crippen molar-refractivity contribution in [3.8, 4) is 0 Å². The lowest BCUT2D eigenvalue weighted by Crippen LogP contribution is -2.49. The van der Waals surface area contributed by atoms with Crippen LogP contribution in [0.15, 0.2) is 0 Å². The Morgan fingerprint density at radius 1 is 1.60 bits per heavy atom. The molecule has 4 nitrogen and oxygen atoms in total. The van der Waals surface area contributed by atoms with E-state index in [4.69, 9.17) is 15.4 Å². The van der Waals surface area contributed by atoms with E-state index < -0.39 is 11.6 Å². The summed E-state index contributed by atoms with van der Waals surface area (Å²) in [6, 6.07) is 0. The summed E-state index contributed by atoms with van der Waals surface area (Å²) in [6.07, 6.45) is -0.370. The van der Waals surface area contributed by atoms with Crippen LogP contribution in [0.25, 0.3) is 0 Å². The summed E-state index contributed by atoms with van der Waals surface area (Å²) in [5.41, 5.74) is 1.17. The Morgan fingerprint density at radius 2 is 2.10 bits per heavy atom. The lowest BCUT2D eigenvalue weighted by Gasteiger charge is -2.29. The molecule has 0 aliphatic heterocycles. The van der Waals surface area contributed by atoms with E-state index in [0.29, 0.717) is 6.42 Å². The minimum absolute atomic E-state index is 0.0606. The van der Waals surface area contributed by atoms with Crippen molar-refractivity contribution in [1.82, 2.24) is 5.48 Å². The van der Waals surface area contributed by atoms with E-state index in [-0.39, 0.29) is 6.61 Å². The van der Waals surface area contributed by atoms with Crippen LogP contribution in [0.5, 0.6) is 0 Å². The number of hydroxylamine groups is 1. The Morgan fingerprint density at radius 3 is 2.20 bits per heavy atom. The largest absolute Gasteiger partial charge is 0.396 e. The molecule has 2 atom stereocenters. The second-order valence-corrected chi connectivity index (χ2v) is 2.68. The maximum atomic E-state index is 9.07. The summed E-state index contributed by atoms with van der Waals surface area (Å²) in [5.74, 6) is 0. The molecular weight excluding hydrogens is 134 g/mol. The Balaban J connectivity index is 3.94. The highest BCUT2D eigenvalue weighted by molar-refractivity contribution is 4.84. The van der Waals surface area contributed by atoms with Crippen LogP contribution in [0.2, 0.25) is 0 Å². The van der Waals surface area contributed by atoms with Gasteiger partial charge in [0, 0.05) is 6.61 Å². The van der Waals surface area contributed by atoms with Crippen molar-refractivity contribution >= 4 is 0 Å². The monoisotopic (exact) mass is 149 g/mol. The van der Waals surface area contributed by atoms with E-state index in [0.717, 1.165) is 0 Å². The zero-order valence-corrected chi connectivity index (χ0v) is 6.33. The SMILES string of the molecule is CC(O)C(C)(CCO)NO. The Hall–Kier alpha value is -0.160. The number of hydrogen-bond acceptors (Lipinski definition) is 4. The third kappa shape index (κ3) is 2.22. The highest BCUT2D eigenvalue weighted by Crippen LogP contribution is 2.12. The molecule has 0 fully saturated rings. The maximum Gasteiger partial charge on any atom is 0.0714 e. The van der Waals surface area contributed by atoms with Crippen molar-refractivity contribution in [1.29, 1.82) is 0 Å². The second-order valence-electron chi connectivity index (χ2n) is 2.68. The average molecular weight is 149 g/mol. The molecular formula is C6H15NO3. The van der Waals surface area contributed by atoms with E-state index in [1.807, 2.05) is 5.48 Å². The van der Waals surface area contributed by atoms with Gasteiger partial charge in [-0.2, -0.15) is 5.48 Å². The zero-order valence-electron chi connectivity index (χ0n) is 6.33. The molecule has 0 bridgehead atoms. The second kappa shape index (κ2) is 3.88. The fourth-order valence-corrected chi connectivity index (χ4v) is 0.590. The van der Waals surface area contributed by atoms with Crippen LogP contribution in [-0.2, 0) is 0 Å². The average Bonchev–Trinajstić information content (AvgIpc) is 1.88. The molecule has 0 rings (SSSR count). The fraction of sp³-hybridized carbons (Fsp3) is 1.00. The predicted molar refractivity (Wildman–Crippen MR) is 36.7 cm³/mol. The summed E-state index contributed by atoms with van der Waals surface area (Å²) >= 11 is 0. The molecule has 4 heteroatoms. The third-order valence-electron chi connectivity index (χ3n) is 1.81. The first kappa shape index (κ1) is 9.84. The van der Waals surface area contributed by atoms with Crippen LogP contribution in [0.1, 0.15) is 20.3 Å². The van der Waals surface area contributed by atoms with Gasteiger partial charge in [-0.25, -0.2) is 0 Å². The zero-order chi connectivity index (χ0) is 8.20. The number of nitrogens with one attached hydrogen (secondary N) is 1. The smallest absolute Gasteiger partial charge is 0.0714 e. The molecule has 2 unspecified atom stereocenters. The Kier molecular flexibility index (Phi) is 3.81. The van der Waals surface area contributed by atoms with E-state index >= 15 is 0 Å². The van der Waals surface area contributed by atoms with Crippen molar-refractivity contribution in [2.75, 3.05) is 6.61 Å². The maximum absolute atomic E-state index is 9.07. The van der Waals surface area contributed by atoms with E-state index in [2.05, 4.69) is 0 Å². The summed E-state index contributed by atoms with van der Waals surface area (Å²) in [5, 5.41) is 26.2. The number of aliphatic hydroxyl groups is 2. The minimum atomic E-state index is -0.797. The summed E-state index contributed by atoms with van der Waals surface area (Å²) < 4.78 is 0. The molecule has 0 amide bonds. The lowest BCUT2D eigenvalue weighted by molar-refractivity contribution is -0.0226. The summed E-state index contributed by atoms with van der Waals surface area (Å²) in [7, 11) is 0. The van der Waals surface area contributed by atoms with Gasteiger partial charge in [0.1, 0.15) is 0 Å². The predicted octanol–water partition coefficient (Wildman–Crippen LogP) is -0.513. The van der Waals surface area contributed by atoms with Gasteiger partial charge in [0.15, 0.2) is 0 Å². The quantitative estimate of drug-likeness (QED) is 0.406. The highest BCUT2D eigenvalue weighted by Gasteiger charge is 2.28. The van der Waals surface area contributed by atoms with Gasteiger partial charge in [0.2, 0.25) is 0 Å². The molecule has 0 aliphatic rings. The molecule has 0 aliphatic carbocycles. The lowest BCUT2D eigenvalue weighted by atomic mass is 9.93. The molecule has 0 radical (unpaired) electrons. The van der Waals surface area contributed by atoms with Crippen molar-refractivity contribution in [2.45, 2.75) is 31.9 Å². The number of hydrogen-bond donors (Lipinski definition) is 4. The van der Waals surface area contributed by atoms with Gasteiger partial charge in [-0.15, -0.1) is 0 Å². The molecule has 0 aromatic carbocycles. The van der Waals surface area contributed by atoms with Gasteiger partial charge in [-0.3, -0.25) is 0 Å². The van der Waals surface area contributed by atoms with Crippen LogP contribution < -0.4 is 5.48 Å². The molecule has 10 heavy (non-hydrogen) atoms. The first-order valence-electron chi connectivity index (χ1n) is 3.27. The minimum Gasteiger partial charge on any atom is -0.396 e. The Labute approximate surface area is 60.5 Å². The molecule has 0 heterocycles. The topological polar surface area (TPSA) is 72.7 Å². The van der Waals surface area contributed by atoms with Crippen LogP contribution >= 0.6 is 0 Å². The fourth-order valence-electron chi connectivity index (χ4n) is 0.590. The standard InChI is InChI=1S/C6H15NO3/c1-5(9)6(2,7-10)3-4-8/h5,7-10H,3-4H2,1-2H3. The van der Waals surface area contributed by atoms with Gasteiger partial charge in [0.25, 0.3) is 0 Å². The van der Waals surface area contributed by atoms with E-state index in [1.54, 1.807) is 13.8 Å². The first-order chi connectivity index (χ1) is 4.56. The molecule has 0 spiro atoms. The van der Waals surface area contributed by atoms with E-state index in [9.17, 15) is 0 Å². The van der Waals surface area contributed by atoms with Crippen molar-refractivity contribution < 1.29 is 15.4 Å². The van der Waals surface area contributed by atoms with E-state index in [1.165, 1.54) is 0 Å². The molecule has 62 valence electrons. The molecule has 0 saturated heterocycles. The highest BCUT2D eigenvalue weighted by atomic mass is 16.5. The normalized spacial score (nSPS) is 20.1. The van der Waals surface area contributed by atoms with Crippen LogP contribution in [-0.4, -0.2) is 33.7 Å². The van der Waals surface area contributed by atoms with Crippen molar-refractivity contribution in [3.63, 3.8) is 0 Å².